The van der Waals surface area contributed by atoms with Crippen LogP contribution < -0.4 is 14.1 Å². The highest BCUT2D eigenvalue weighted by atomic mass is 79.9. The van der Waals surface area contributed by atoms with Crippen LogP contribution in [-0.4, -0.2) is 0 Å². The van der Waals surface area contributed by atoms with Crippen molar-refractivity contribution >= 4 is 52.6 Å². The van der Waals surface area contributed by atoms with Crippen LogP contribution in [0.3, 0.4) is 0 Å². The molecule has 4 nitrogen and oxygen atoms in total. The summed E-state index contributed by atoms with van der Waals surface area (Å²) in [6.45, 7) is 0. The molecule has 0 aromatic heterocycles. The Morgan fingerprint density at radius 3 is 1.73 bits per heavy atom. The van der Waals surface area contributed by atoms with Gasteiger partial charge in [-0.3, -0.25) is 5.09 Å². The summed E-state index contributed by atoms with van der Waals surface area (Å²) >= 11 is 15.7. The number of para-hydroxylation sites is 3. The zero-order valence-corrected chi connectivity index (χ0v) is 17.2. The van der Waals surface area contributed by atoms with Gasteiger partial charge in [0.05, 0.1) is 15.7 Å². The molecule has 0 bridgehead atoms. The van der Waals surface area contributed by atoms with Crippen molar-refractivity contribution in [1.82, 2.24) is 0 Å². The van der Waals surface area contributed by atoms with Crippen molar-refractivity contribution < 1.29 is 13.6 Å². The van der Waals surface area contributed by atoms with Crippen molar-refractivity contribution in [3.63, 3.8) is 0 Å². The molecule has 8 heteroatoms. The molecule has 134 valence electrons. The molecule has 0 aliphatic rings. The van der Waals surface area contributed by atoms with Crippen LogP contribution in [0.15, 0.2) is 77.3 Å². The van der Waals surface area contributed by atoms with Gasteiger partial charge < -0.3 is 9.05 Å². The first-order valence-corrected chi connectivity index (χ1v) is 10.6. The minimum Gasteiger partial charge on any atom is -0.399 e. The first-order chi connectivity index (χ1) is 12.5. The van der Waals surface area contributed by atoms with Gasteiger partial charge in [0.1, 0.15) is 0 Å². The highest BCUT2D eigenvalue weighted by Gasteiger charge is 2.31. The normalized spacial score (nSPS) is 11.0. The Kier molecular flexibility index (Phi) is 6.15. The molecule has 3 aromatic carbocycles. The van der Waals surface area contributed by atoms with Crippen LogP contribution in [0.5, 0.6) is 11.5 Å². The number of hydrogen-bond donors (Lipinski definition) is 1. The van der Waals surface area contributed by atoms with Gasteiger partial charge in [0.25, 0.3) is 0 Å². The maximum atomic E-state index is 13.5. The van der Waals surface area contributed by atoms with Crippen molar-refractivity contribution in [1.29, 1.82) is 0 Å². The van der Waals surface area contributed by atoms with Gasteiger partial charge >= 0.3 is 7.75 Å². The standard InChI is InChI=1S/C18H13BrCl2NO3P/c19-13-7-1-4-10-16(13)22-26(23,24-17-11-5-2-8-14(17)20)25-18-12-6-3-9-15(18)21/h1-12H,(H,22,23). The quantitative estimate of drug-likeness (QED) is 0.379. The Labute approximate surface area is 169 Å². The minimum absolute atomic E-state index is 0.226. The molecule has 0 spiro atoms. The lowest BCUT2D eigenvalue weighted by Gasteiger charge is -2.22. The van der Waals surface area contributed by atoms with E-state index in [2.05, 4.69) is 21.0 Å². The van der Waals surface area contributed by atoms with Gasteiger partial charge in [-0.25, -0.2) is 4.57 Å². The summed E-state index contributed by atoms with van der Waals surface area (Å²) < 4.78 is 25.5. The second kappa shape index (κ2) is 8.36. The molecule has 1 N–H and O–H groups in total. The van der Waals surface area contributed by atoms with Crippen molar-refractivity contribution in [2.24, 2.45) is 0 Å². The Hall–Kier alpha value is -1.65. The third-order valence-electron chi connectivity index (χ3n) is 3.24. The van der Waals surface area contributed by atoms with Crippen molar-refractivity contribution in [2.45, 2.75) is 0 Å². The molecule has 0 saturated carbocycles. The maximum Gasteiger partial charge on any atom is 0.541 e. The SMILES string of the molecule is O=P(Nc1ccccc1Br)(Oc1ccccc1Cl)Oc1ccccc1Cl. The Morgan fingerprint density at radius 2 is 1.23 bits per heavy atom. The van der Waals surface area contributed by atoms with Crippen LogP contribution in [0.1, 0.15) is 0 Å². The van der Waals surface area contributed by atoms with Gasteiger partial charge in [0.2, 0.25) is 0 Å². The summed E-state index contributed by atoms with van der Waals surface area (Å²) in [7, 11) is -3.91. The van der Waals surface area contributed by atoms with Crippen LogP contribution in [0.2, 0.25) is 10.0 Å². The Morgan fingerprint density at radius 1 is 0.769 bits per heavy atom. The van der Waals surface area contributed by atoms with Gasteiger partial charge in [-0.15, -0.1) is 0 Å². The van der Waals surface area contributed by atoms with E-state index >= 15 is 0 Å². The monoisotopic (exact) mass is 471 g/mol. The fraction of sp³-hybridized carbons (Fsp3) is 0. The van der Waals surface area contributed by atoms with Crippen LogP contribution >= 0.6 is 46.9 Å². The number of nitrogens with one attached hydrogen (secondary N) is 1. The lowest BCUT2D eigenvalue weighted by Crippen LogP contribution is -2.10. The lowest BCUT2D eigenvalue weighted by molar-refractivity contribution is 0.393. The number of halogens is 3. The van der Waals surface area contributed by atoms with E-state index in [4.69, 9.17) is 32.2 Å². The van der Waals surface area contributed by atoms with E-state index in [0.717, 1.165) is 0 Å². The number of hydrogen-bond acceptors (Lipinski definition) is 3. The van der Waals surface area contributed by atoms with E-state index in [1.54, 1.807) is 66.7 Å². The zero-order chi connectivity index (χ0) is 18.6. The molecule has 0 fully saturated rings. The summed E-state index contributed by atoms with van der Waals surface area (Å²) in [6.07, 6.45) is 0. The number of benzene rings is 3. The van der Waals surface area contributed by atoms with Crippen molar-refractivity contribution in [2.75, 3.05) is 5.09 Å². The fourth-order valence-electron chi connectivity index (χ4n) is 2.06. The van der Waals surface area contributed by atoms with Gasteiger partial charge in [-0.1, -0.05) is 59.6 Å². The largest absolute Gasteiger partial charge is 0.541 e. The van der Waals surface area contributed by atoms with Crippen LogP contribution in [-0.2, 0) is 4.57 Å². The summed E-state index contributed by atoms with van der Waals surface area (Å²) in [6, 6.07) is 20.6. The topological polar surface area (TPSA) is 47.6 Å². The summed E-state index contributed by atoms with van der Waals surface area (Å²) in [5, 5.41) is 3.44. The first-order valence-electron chi connectivity index (χ1n) is 7.48. The third kappa shape index (κ3) is 4.74. The smallest absolute Gasteiger partial charge is 0.399 e. The number of anilines is 1. The lowest BCUT2D eigenvalue weighted by atomic mass is 10.3. The van der Waals surface area contributed by atoms with E-state index < -0.39 is 7.75 Å². The van der Waals surface area contributed by atoms with Gasteiger partial charge in [-0.2, -0.15) is 0 Å². The summed E-state index contributed by atoms with van der Waals surface area (Å²) in [4.78, 5) is 0. The van der Waals surface area contributed by atoms with E-state index in [9.17, 15) is 4.57 Å². The first kappa shape index (κ1) is 19.1. The molecule has 0 aliphatic heterocycles. The second-order valence-corrected chi connectivity index (χ2v) is 8.38. The minimum atomic E-state index is -3.91. The predicted octanol–water partition coefficient (Wildman–Crippen LogP) is 7.43. The molecule has 0 amide bonds. The van der Waals surface area contributed by atoms with E-state index in [1.807, 2.05) is 6.07 Å². The highest BCUT2D eigenvalue weighted by molar-refractivity contribution is 9.10. The van der Waals surface area contributed by atoms with Gasteiger partial charge in [0.15, 0.2) is 11.5 Å². The molecular formula is C18H13BrCl2NO3P. The van der Waals surface area contributed by atoms with Crippen LogP contribution in [0.25, 0.3) is 0 Å². The molecule has 0 aliphatic carbocycles. The molecule has 26 heavy (non-hydrogen) atoms. The van der Waals surface area contributed by atoms with Crippen molar-refractivity contribution in [3.05, 3.63) is 87.3 Å². The predicted molar refractivity (Wildman–Crippen MR) is 110 cm³/mol. The molecule has 0 radical (unpaired) electrons. The van der Waals surface area contributed by atoms with E-state index in [0.29, 0.717) is 20.2 Å². The third-order valence-corrected chi connectivity index (χ3v) is 5.95. The van der Waals surface area contributed by atoms with E-state index in [-0.39, 0.29) is 11.5 Å². The molecule has 3 aromatic rings. The summed E-state index contributed by atoms with van der Waals surface area (Å²) in [5.41, 5.74) is 0.537. The molecule has 0 atom stereocenters. The fourth-order valence-corrected chi connectivity index (χ4v) is 4.51. The van der Waals surface area contributed by atoms with Gasteiger partial charge in [-0.05, 0) is 52.3 Å². The zero-order valence-electron chi connectivity index (χ0n) is 13.2. The maximum absolute atomic E-state index is 13.5. The highest BCUT2D eigenvalue weighted by Crippen LogP contribution is 2.51. The molecule has 0 saturated heterocycles. The Balaban J connectivity index is 1.97. The average Bonchev–Trinajstić information content (AvgIpc) is 2.61. The average molecular weight is 473 g/mol. The second-order valence-electron chi connectivity index (χ2n) is 5.13. The number of rotatable bonds is 6. The molecular weight excluding hydrogens is 460 g/mol. The Bertz CT molecular complexity index is 848. The van der Waals surface area contributed by atoms with Crippen LogP contribution in [0, 0.1) is 0 Å². The van der Waals surface area contributed by atoms with Gasteiger partial charge in [0, 0.05) is 4.47 Å². The molecule has 0 heterocycles. The van der Waals surface area contributed by atoms with E-state index in [1.165, 1.54) is 0 Å². The summed E-state index contributed by atoms with van der Waals surface area (Å²) in [5.74, 6) is 0.452. The molecule has 3 rings (SSSR count). The van der Waals surface area contributed by atoms with Crippen LogP contribution in [0.4, 0.5) is 5.69 Å². The van der Waals surface area contributed by atoms with Crippen molar-refractivity contribution in [3.8, 4) is 11.5 Å². The molecule has 0 unspecified atom stereocenters.